The average molecular weight is 201 g/mol. The molecule has 2 heteroatoms. The van der Waals surface area contributed by atoms with Crippen LogP contribution in [0, 0.1) is 11.3 Å². The molecule has 1 atom stereocenters. The lowest BCUT2D eigenvalue weighted by atomic mass is 9.80. The van der Waals surface area contributed by atoms with Crippen LogP contribution < -0.4 is 5.73 Å². The normalized spacial score (nSPS) is 23.1. The van der Waals surface area contributed by atoms with Gasteiger partial charge in [0.2, 0.25) is 0 Å². The molecule has 0 aromatic rings. The van der Waals surface area contributed by atoms with E-state index >= 15 is 0 Å². The topological polar surface area (TPSA) is 26.0 Å². The minimum Gasteiger partial charge on any atom is -0.327 e. The summed E-state index contributed by atoms with van der Waals surface area (Å²) in [5.74, 6) is 3.60. The molecule has 78 valence electrons. The number of thioether (sulfide) groups is 1. The lowest BCUT2D eigenvalue weighted by Gasteiger charge is -2.32. The summed E-state index contributed by atoms with van der Waals surface area (Å²) in [7, 11) is 0. The highest BCUT2D eigenvalue weighted by Crippen LogP contribution is 2.30. The molecule has 1 unspecified atom stereocenters. The van der Waals surface area contributed by atoms with Gasteiger partial charge in [-0.2, -0.15) is 11.8 Å². The van der Waals surface area contributed by atoms with E-state index in [1.165, 1.54) is 30.8 Å². The molecule has 2 N–H and O–H groups in total. The lowest BCUT2D eigenvalue weighted by molar-refractivity contribution is 0.262. The highest BCUT2D eigenvalue weighted by atomic mass is 32.2. The van der Waals surface area contributed by atoms with Gasteiger partial charge in [-0.15, -0.1) is 0 Å². The fourth-order valence-electron chi connectivity index (χ4n) is 1.69. The third kappa shape index (κ3) is 3.90. The Morgan fingerprint density at radius 1 is 1.31 bits per heavy atom. The molecule has 1 aliphatic heterocycles. The summed E-state index contributed by atoms with van der Waals surface area (Å²) in [6.45, 7) is 6.74. The molecule has 1 saturated heterocycles. The SMILES string of the molecule is CC(C)(C)C(N)CC1CCSCC1. The highest BCUT2D eigenvalue weighted by molar-refractivity contribution is 7.99. The van der Waals surface area contributed by atoms with Crippen LogP contribution in [-0.4, -0.2) is 17.5 Å². The first-order chi connectivity index (χ1) is 6.00. The van der Waals surface area contributed by atoms with Crippen molar-refractivity contribution in [3.63, 3.8) is 0 Å². The van der Waals surface area contributed by atoms with E-state index in [4.69, 9.17) is 5.73 Å². The fraction of sp³-hybridized carbons (Fsp3) is 1.00. The maximum atomic E-state index is 6.17. The van der Waals surface area contributed by atoms with E-state index in [0.717, 1.165) is 5.92 Å². The zero-order valence-electron chi connectivity index (χ0n) is 9.18. The fourth-order valence-corrected chi connectivity index (χ4v) is 2.90. The van der Waals surface area contributed by atoms with Gasteiger partial charge in [-0.1, -0.05) is 20.8 Å². The van der Waals surface area contributed by atoms with Crippen LogP contribution in [0.3, 0.4) is 0 Å². The predicted molar refractivity (Wildman–Crippen MR) is 62.1 cm³/mol. The van der Waals surface area contributed by atoms with E-state index < -0.39 is 0 Å². The first-order valence-corrected chi connectivity index (χ1v) is 6.49. The summed E-state index contributed by atoms with van der Waals surface area (Å²) in [5.41, 5.74) is 6.46. The molecule has 0 radical (unpaired) electrons. The van der Waals surface area contributed by atoms with Crippen molar-refractivity contribution in [3.8, 4) is 0 Å². The molecule has 1 nitrogen and oxygen atoms in total. The Bertz CT molecular complexity index is 145. The Hall–Kier alpha value is 0.310. The summed E-state index contributed by atoms with van der Waals surface area (Å²) < 4.78 is 0. The average Bonchev–Trinajstić information content (AvgIpc) is 2.04. The molecule has 1 fully saturated rings. The van der Waals surface area contributed by atoms with Crippen LogP contribution in [0.25, 0.3) is 0 Å². The van der Waals surface area contributed by atoms with Crippen molar-refractivity contribution in [3.05, 3.63) is 0 Å². The van der Waals surface area contributed by atoms with Gasteiger partial charge in [-0.25, -0.2) is 0 Å². The summed E-state index contributed by atoms with van der Waals surface area (Å²) in [4.78, 5) is 0. The Kier molecular flexibility index (Phi) is 4.11. The number of rotatable bonds is 2. The van der Waals surface area contributed by atoms with Gasteiger partial charge in [-0.05, 0) is 42.1 Å². The third-order valence-electron chi connectivity index (χ3n) is 3.04. The van der Waals surface area contributed by atoms with Crippen LogP contribution in [-0.2, 0) is 0 Å². The molecule has 0 aromatic heterocycles. The molecule has 0 aliphatic carbocycles. The van der Waals surface area contributed by atoms with Gasteiger partial charge in [0, 0.05) is 6.04 Å². The van der Waals surface area contributed by atoms with Crippen LogP contribution in [0.1, 0.15) is 40.0 Å². The van der Waals surface area contributed by atoms with Crippen LogP contribution in [0.15, 0.2) is 0 Å². The third-order valence-corrected chi connectivity index (χ3v) is 4.09. The first-order valence-electron chi connectivity index (χ1n) is 5.33. The Morgan fingerprint density at radius 3 is 2.31 bits per heavy atom. The maximum Gasteiger partial charge on any atom is 0.00902 e. The van der Waals surface area contributed by atoms with Gasteiger partial charge >= 0.3 is 0 Å². The van der Waals surface area contributed by atoms with Gasteiger partial charge in [0.05, 0.1) is 0 Å². The zero-order valence-corrected chi connectivity index (χ0v) is 9.99. The van der Waals surface area contributed by atoms with Crippen LogP contribution in [0.5, 0.6) is 0 Å². The second-order valence-electron chi connectivity index (χ2n) is 5.26. The highest BCUT2D eigenvalue weighted by Gasteiger charge is 2.24. The second kappa shape index (κ2) is 4.70. The zero-order chi connectivity index (χ0) is 9.90. The molecule has 1 aliphatic rings. The smallest absolute Gasteiger partial charge is 0.00902 e. The van der Waals surface area contributed by atoms with E-state index in [1.54, 1.807) is 0 Å². The van der Waals surface area contributed by atoms with Crippen molar-refractivity contribution >= 4 is 11.8 Å². The molecular formula is C11H23NS. The van der Waals surface area contributed by atoms with Crippen molar-refractivity contribution in [2.45, 2.75) is 46.1 Å². The number of nitrogens with two attached hydrogens (primary N) is 1. The molecule has 13 heavy (non-hydrogen) atoms. The molecule has 1 heterocycles. The van der Waals surface area contributed by atoms with Crippen LogP contribution in [0.2, 0.25) is 0 Å². The number of hydrogen-bond donors (Lipinski definition) is 1. The van der Waals surface area contributed by atoms with Crippen LogP contribution in [0.4, 0.5) is 0 Å². The first kappa shape index (κ1) is 11.4. The summed E-state index contributed by atoms with van der Waals surface area (Å²) >= 11 is 2.09. The summed E-state index contributed by atoms with van der Waals surface area (Å²) in [6, 6.07) is 0.376. The van der Waals surface area contributed by atoms with E-state index in [0.29, 0.717) is 6.04 Å². The molecule has 1 rings (SSSR count). The van der Waals surface area contributed by atoms with Crippen molar-refractivity contribution < 1.29 is 0 Å². The largest absolute Gasteiger partial charge is 0.327 e. The Labute approximate surface area is 86.8 Å². The van der Waals surface area contributed by atoms with Gasteiger partial charge < -0.3 is 5.73 Å². The standard InChI is InChI=1S/C11H23NS/c1-11(2,3)10(12)8-9-4-6-13-7-5-9/h9-10H,4-8,12H2,1-3H3. The minimum absolute atomic E-state index is 0.282. The van der Waals surface area contributed by atoms with Gasteiger partial charge in [-0.3, -0.25) is 0 Å². The van der Waals surface area contributed by atoms with E-state index in [1.807, 2.05) is 0 Å². The maximum absolute atomic E-state index is 6.17. The van der Waals surface area contributed by atoms with Crippen molar-refractivity contribution in [2.24, 2.45) is 17.1 Å². The number of hydrogen-bond acceptors (Lipinski definition) is 2. The van der Waals surface area contributed by atoms with Gasteiger partial charge in [0.25, 0.3) is 0 Å². The molecule has 0 amide bonds. The quantitative estimate of drug-likeness (QED) is 0.743. The lowest BCUT2D eigenvalue weighted by Crippen LogP contribution is -2.37. The van der Waals surface area contributed by atoms with Crippen LogP contribution >= 0.6 is 11.8 Å². The molecular weight excluding hydrogens is 178 g/mol. The van der Waals surface area contributed by atoms with Crippen molar-refractivity contribution in [2.75, 3.05) is 11.5 Å². The van der Waals surface area contributed by atoms with E-state index in [2.05, 4.69) is 32.5 Å². The predicted octanol–water partition coefficient (Wildman–Crippen LogP) is 2.89. The van der Waals surface area contributed by atoms with Gasteiger partial charge in [0.1, 0.15) is 0 Å². The monoisotopic (exact) mass is 201 g/mol. The molecule has 0 bridgehead atoms. The summed E-state index contributed by atoms with van der Waals surface area (Å²) in [5, 5.41) is 0. The van der Waals surface area contributed by atoms with Crippen molar-refractivity contribution in [1.82, 2.24) is 0 Å². The molecule has 0 aromatic carbocycles. The Morgan fingerprint density at radius 2 is 1.85 bits per heavy atom. The minimum atomic E-state index is 0.282. The van der Waals surface area contributed by atoms with Crippen molar-refractivity contribution in [1.29, 1.82) is 0 Å². The molecule has 0 saturated carbocycles. The summed E-state index contributed by atoms with van der Waals surface area (Å²) in [6.07, 6.45) is 3.99. The van der Waals surface area contributed by atoms with E-state index in [-0.39, 0.29) is 5.41 Å². The van der Waals surface area contributed by atoms with E-state index in [9.17, 15) is 0 Å². The second-order valence-corrected chi connectivity index (χ2v) is 6.49. The Balaban J connectivity index is 2.30. The molecule has 0 spiro atoms. The van der Waals surface area contributed by atoms with Gasteiger partial charge in [0.15, 0.2) is 0 Å².